The van der Waals surface area contributed by atoms with E-state index in [0.717, 1.165) is 6.42 Å². The molecule has 0 unspecified atom stereocenters. The molecule has 0 aromatic heterocycles. The van der Waals surface area contributed by atoms with Crippen LogP contribution in [0.15, 0.2) is 0 Å². The van der Waals surface area contributed by atoms with E-state index in [1.165, 1.54) is 0 Å². The van der Waals surface area contributed by atoms with Crippen molar-refractivity contribution < 1.29 is 0 Å². The topological polar surface area (TPSA) is 26.0 Å². The molecule has 0 radical (unpaired) electrons. The third-order valence-electron chi connectivity index (χ3n) is 1.29. The molecule has 0 heterocycles. The molecule has 0 aliphatic carbocycles. The van der Waals surface area contributed by atoms with Crippen LogP contribution >= 0.6 is 0 Å². The lowest BCUT2D eigenvalue weighted by Gasteiger charge is -2.27. The minimum absolute atomic E-state index is 0.0712. The summed E-state index contributed by atoms with van der Waals surface area (Å²) in [6.07, 6.45) is 6.17. The smallest absolute Gasteiger partial charge is 0.0273 e. The van der Waals surface area contributed by atoms with E-state index in [2.05, 4.69) is 5.92 Å². The predicted molar refractivity (Wildman–Crippen MR) is 56.8 cm³/mol. The Kier molecular flexibility index (Phi) is 6.11. The van der Waals surface area contributed by atoms with Gasteiger partial charge in [0.1, 0.15) is 0 Å². The molecule has 0 spiro atoms. The largest absolute Gasteiger partial charge is 0.326 e. The van der Waals surface area contributed by atoms with Crippen LogP contribution in [0, 0.1) is 17.8 Å². The number of nitrogens with two attached hydrogens (primary N) is 1. The molecule has 1 nitrogen and oxygen atoms in total. The maximum Gasteiger partial charge on any atom is 0.0273 e. The van der Waals surface area contributed by atoms with E-state index in [9.17, 15) is 0 Å². The number of hydrogen-bond donors (Lipinski definition) is 1. The average Bonchev–Trinajstić information content (AvgIpc) is 1.88. The van der Waals surface area contributed by atoms with Crippen LogP contribution in [-0.4, -0.2) is 5.54 Å². The van der Waals surface area contributed by atoms with Crippen LogP contribution in [0.2, 0.25) is 0 Å². The zero-order valence-electron chi connectivity index (χ0n) is 9.36. The second kappa shape index (κ2) is 5.22. The van der Waals surface area contributed by atoms with Crippen LogP contribution in [-0.2, 0) is 0 Å². The lowest BCUT2D eigenvalue weighted by atomic mass is 9.81. The molecule has 0 aromatic carbocycles. The first kappa shape index (κ1) is 14.1. The normalized spacial score (nSPS) is 11.2. The van der Waals surface area contributed by atoms with E-state index < -0.39 is 0 Å². The van der Waals surface area contributed by atoms with Gasteiger partial charge in [-0.25, -0.2) is 0 Å². The first-order chi connectivity index (χ1) is 5.27. The molecular weight excluding hydrogens is 146 g/mol. The molecule has 0 aromatic rings. The molecule has 0 saturated carbocycles. The Morgan fingerprint density at radius 2 is 1.50 bits per heavy atom. The van der Waals surface area contributed by atoms with Crippen LogP contribution in [0.1, 0.15) is 48.0 Å². The molecular formula is C11H23N. The molecule has 0 aliphatic rings. The molecule has 0 bridgehead atoms. The SMILES string of the molecule is C#CC(C)(C)CC(C)(C)N.CC. The molecule has 0 fully saturated rings. The van der Waals surface area contributed by atoms with Crippen LogP contribution in [0.3, 0.4) is 0 Å². The molecule has 0 aliphatic heterocycles. The molecule has 1 heteroatoms. The van der Waals surface area contributed by atoms with Crippen molar-refractivity contribution in [2.75, 3.05) is 0 Å². The van der Waals surface area contributed by atoms with E-state index in [4.69, 9.17) is 12.2 Å². The second-order valence-electron chi connectivity index (χ2n) is 4.19. The van der Waals surface area contributed by atoms with E-state index >= 15 is 0 Å². The first-order valence-corrected chi connectivity index (χ1v) is 4.53. The standard InChI is InChI=1S/C9H17N.C2H6/c1-6-8(2,3)7-9(4,5)10;1-2/h1H,7,10H2,2-5H3;1-2H3. The fraction of sp³-hybridized carbons (Fsp3) is 0.818. The third kappa shape index (κ3) is 9.52. The summed E-state index contributed by atoms with van der Waals surface area (Å²) in [6.45, 7) is 12.0. The van der Waals surface area contributed by atoms with Gasteiger partial charge in [-0.2, -0.15) is 0 Å². The van der Waals surface area contributed by atoms with Crippen molar-refractivity contribution >= 4 is 0 Å². The zero-order chi connectivity index (χ0) is 10.4. The highest BCUT2D eigenvalue weighted by Gasteiger charge is 2.23. The number of hydrogen-bond acceptors (Lipinski definition) is 1. The van der Waals surface area contributed by atoms with Gasteiger partial charge < -0.3 is 5.73 Å². The Balaban J connectivity index is 0. The van der Waals surface area contributed by atoms with Crippen molar-refractivity contribution in [2.45, 2.75) is 53.5 Å². The van der Waals surface area contributed by atoms with Gasteiger partial charge in [-0.3, -0.25) is 0 Å². The van der Waals surface area contributed by atoms with Crippen molar-refractivity contribution in [1.29, 1.82) is 0 Å². The highest BCUT2D eigenvalue weighted by atomic mass is 14.7. The van der Waals surface area contributed by atoms with Crippen molar-refractivity contribution in [3.8, 4) is 12.3 Å². The second-order valence-corrected chi connectivity index (χ2v) is 4.19. The minimum Gasteiger partial charge on any atom is -0.326 e. The Hall–Kier alpha value is -0.480. The monoisotopic (exact) mass is 169 g/mol. The maximum atomic E-state index is 5.80. The summed E-state index contributed by atoms with van der Waals surface area (Å²) in [7, 11) is 0. The first-order valence-electron chi connectivity index (χ1n) is 4.53. The predicted octanol–water partition coefficient (Wildman–Crippen LogP) is 2.80. The Morgan fingerprint density at radius 1 is 1.17 bits per heavy atom. The van der Waals surface area contributed by atoms with Crippen LogP contribution < -0.4 is 5.73 Å². The summed E-state index contributed by atoms with van der Waals surface area (Å²) in [6, 6.07) is 0. The van der Waals surface area contributed by atoms with Gasteiger partial charge in [0.05, 0.1) is 0 Å². The summed E-state index contributed by atoms with van der Waals surface area (Å²) >= 11 is 0. The minimum atomic E-state index is -0.157. The molecule has 2 N–H and O–H groups in total. The van der Waals surface area contributed by atoms with Crippen LogP contribution in [0.5, 0.6) is 0 Å². The zero-order valence-corrected chi connectivity index (χ0v) is 9.36. The number of rotatable bonds is 2. The van der Waals surface area contributed by atoms with Gasteiger partial charge in [0.2, 0.25) is 0 Å². The fourth-order valence-electron chi connectivity index (χ4n) is 1.19. The van der Waals surface area contributed by atoms with Crippen molar-refractivity contribution in [3.63, 3.8) is 0 Å². The van der Waals surface area contributed by atoms with Gasteiger partial charge in [-0.05, 0) is 34.1 Å². The quantitative estimate of drug-likeness (QED) is 0.632. The summed E-state index contributed by atoms with van der Waals surface area (Å²) in [5, 5.41) is 0. The lowest BCUT2D eigenvalue weighted by molar-refractivity contribution is 0.335. The number of terminal acetylenes is 1. The highest BCUT2D eigenvalue weighted by molar-refractivity contribution is 5.03. The van der Waals surface area contributed by atoms with Gasteiger partial charge in [-0.15, -0.1) is 12.3 Å². The molecule has 0 atom stereocenters. The van der Waals surface area contributed by atoms with E-state index in [0.29, 0.717) is 0 Å². The molecule has 0 saturated heterocycles. The van der Waals surface area contributed by atoms with Crippen molar-refractivity contribution in [2.24, 2.45) is 11.1 Å². The summed E-state index contributed by atoms with van der Waals surface area (Å²) < 4.78 is 0. The van der Waals surface area contributed by atoms with Gasteiger partial charge >= 0.3 is 0 Å². The summed E-state index contributed by atoms with van der Waals surface area (Å²) in [4.78, 5) is 0. The average molecular weight is 169 g/mol. The van der Waals surface area contributed by atoms with Crippen molar-refractivity contribution in [3.05, 3.63) is 0 Å². The molecule has 12 heavy (non-hydrogen) atoms. The summed E-state index contributed by atoms with van der Waals surface area (Å²) in [5.41, 5.74) is 5.57. The lowest BCUT2D eigenvalue weighted by Crippen LogP contribution is -2.36. The van der Waals surface area contributed by atoms with E-state index in [-0.39, 0.29) is 11.0 Å². The van der Waals surface area contributed by atoms with Crippen LogP contribution in [0.4, 0.5) is 0 Å². The van der Waals surface area contributed by atoms with Gasteiger partial charge in [0.25, 0.3) is 0 Å². The Bertz CT molecular complexity index is 143. The van der Waals surface area contributed by atoms with Gasteiger partial charge in [0.15, 0.2) is 0 Å². The van der Waals surface area contributed by atoms with Gasteiger partial charge in [-0.1, -0.05) is 13.8 Å². The molecule has 0 amide bonds. The third-order valence-corrected chi connectivity index (χ3v) is 1.29. The van der Waals surface area contributed by atoms with E-state index in [1.807, 2.05) is 41.5 Å². The van der Waals surface area contributed by atoms with Crippen molar-refractivity contribution in [1.82, 2.24) is 0 Å². The molecule has 72 valence electrons. The van der Waals surface area contributed by atoms with Crippen LogP contribution in [0.25, 0.3) is 0 Å². The van der Waals surface area contributed by atoms with Gasteiger partial charge in [0, 0.05) is 11.0 Å². The molecule has 0 rings (SSSR count). The van der Waals surface area contributed by atoms with E-state index in [1.54, 1.807) is 0 Å². The highest BCUT2D eigenvalue weighted by Crippen LogP contribution is 2.24. The Labute approximate surface area is 77.7 Å². The maximum absolute atomic E-state index is 5.80. The Morgan fingerprint density at radius 3 is 1.58 bits per heavy atom. The summed E-state index contributed by atoms with van der Waals surface area (Å²) in [5.74, 6) is 2.72. The fourth-order valence-corrected chi connectivity index (χ4v) is 1.19.